The Labute approximate surface area is 174 Å². The minimum absolute atomic E-state index is 0. The zero-order valence-corrected chi connectivity index (χ0v) is 17.3. The molecule has 2 aromatic carbocycles. The van der Waals surface area contributed by atoms with Crippen molar-refractivity contribution in [1.29, 1.82) is 0 Å². The van der Waals surface area contributed by atoms with E-state index in [9.17, 15) is 9.59 Å². The molecule has 1 aliphatic rings. The highest BCUT2D eigenvalue weighted by molar-refractivity contribution is 7.21. The van der Waals surface area contributed by atoms with Gasteiger partial charge in [-0.3, -0.25) is 9.59 Å². The molecule has 0 aliphatic carbocycles. The predicted molar refractivity (Wildman–Crippen MR) is 116 cm³/mol. The van der Waals surface area contributed by atoms with Crippen LogP contribution in [0.2, 0.25) is 0 Å². The van der Waals surface area contributed by atoms with Gasteiger partial charge in [0.15, 0.2) is 0 Å². The average Bonchev–Trinajstić information content (AvgIpc) is 3.29. The van der Waals surface area contributed by atoms with Gasteiger partial charge in [0.1, 0.15) is 10.8 Å². The lowest BCUT2D eigenvalue weighted by Gasteiger charge is -2.11. The highest BCUT2D eigenvalue weighted by Gasteiger charge is 2.31. The standard InChI is InChI=1S/C21H21N3O2S.ClH/c1-12-3-8-17-19(9-12)27-21(24-17)14-4-6-16(7-5-14)23-20(26)18-10-15(11-22-18)13(2)25;/h3-9,15,18,22H,10-11H2,1-2H3,(H,23,26);1H. The monoisotopic (exact) mass is 415 g/mol. The molecule has 2 heterocycles. The van der Waals surface area contributed by atoms with Crippen molar-refractivity contribution in [2.75, 3.05) is 11.9 Å². The number of nitrogens with one attached hydrogen (secondary N) is 2. The molecular weight excluding hydrogens is 394 g/mol. The van der Waals surface area contributed by atoms with Gasteiger partial charge in [0.25, 0.3) is 0 Å². The van der Waals surface area contributed by atoms with Crippen molar-refractivity contribution in [3.05, 3.63) is 48.0 Å². The lowest BCUT2D eigenvalue weighted by Crippen LogP contribution is -2.35. The zero-order valence-electron chi connectivity index (χ0n) is 15.7. The summed E-state index contributed by atoms with van der Waals surface area (Å²) in [5.41, 5.74) is 4.00. The van der Waals surface area contributed by atoms with Crippen molar-refractivity contribution < 1.29 is 9.59 Å². The lowest BCUT2D eigenvalue weighted by molar-refractivity contribution is -0.120. The fraction of sp³-hybridized carbons (Fsp3) is 0.286. The molecule has 28 heavy (non-hydrogen) atoms. The summed E-state index contributed by atoms with van der Waals surface area (Å²) in [4.78, 5) is 28.5. The number of benzene rings is 2. The smallest absolute Gasteiger partial charge is 0.241 e. The van der Waals surface area contributed by atoms with E-state index in [4.69, 9.17) is 4.98 Å². The second-order valence-corrected chi connectivity index (χ2v) is 8.09. The minimum Gasteiger partial charge on any atom is -0.325 e. The van der Waals surface area contributed by atoms with Crippen LogP contribution < -0.4 is 10.6 Å². The molecule has 146 valence electrons. The van der Waals surface area contributed by atoms with E-state index in [0.717, 1.165) is 21.8 Å². The maximum absolute atomic E-state index is 12.4. The third kappa shape index (κ3) is 4.24. The highest BCUT2D eigenvalue weighted by Crippen LogP contribution is 2.31. The molecule has 2 atom stereocenters. The zero-order chi connectivity index (χ0) is 19.0. The van der Waals surface area contributed by atoms with E-state index in [0.29, 0.717) is 13.0 Å². The molecule has 1 saturated heterocycles. The van der Waals surface area contributed by atoms with Crippen molar-refractivity contribution in [1.82, 2.24) is 10.3 Å². The third-order valence-electron chi connectivity index (χ3n) is 4.97. The van der Waals surface area contributed by atoms with E-state index in [1.54, 1.807) is 18.3 Å². The van der Waals surface area contributed by atoms with Crippen molar-refractivity contribution in [3.8, 4) is 10.6 Å². The van der Waals surface area contributed by atoms with Crippen LogP contribution in [0.1, 0.15) is 18.9 Å². The summed E-state index contributed by atoms with van der Waals surface area (Å²) in [5, 5.41) is 7.02. The summed E-state index contributed by atoms with van der Waals surface area (Å²) in [6.45, 7) is 4.23. The Bertz CT molecular complexity index is 1020. The number of carbonyl (C=O) groups is 2. The summed E-state index contributed by atoms with van der Waals surface area (Å²) in [6, 6.07) is 13.7. The number of ketones is 1. The van der Waals surface area contributed by atoms with Crippen LogP contribution in [0.25, 0.3) is 20.8 Å². The molecule has 2 N–H and O–H groups in total. The van der Waals surface area contributed by atoms with Gasteiger partial charge in [-0.1, -0.05) is 6.07 Å². The Morgan fingerprint density at radius 3 is 2.61 bits per heavy atom. The Morgan fingerprint density at radius 1 is 1.18 bits per heavy atom. The molecule has 0 spiro atoms. The van der Waals surface area contributed by atoms with Gasteiger partial charge in [0.2, 0.25) is 5.91 Å². The van der Waals surface area contributed by atoms with Gasteiger partial charge in [-0.05, 0) is 62.2 Å². The summed E-state index contributed by atoms with van der Waals surface area (Å²) in [6.07, 6.45) is 0.560. The molecule has 0 radical (unpaired) electrons. The number of rotatable bonds is 4. The second kappa shape index (κ2) is 8.39. The van der Waals surface area contributed by atoms with E-state index < -0.39 is 0 Å². The number of carbonyl (C=O) groups excluding carboxylic acids is 2. The number of hydrogen-bond acceptors (Lipinski definition) is 5. The van der Waals surface area contributed by atoms with Crippen LogP contribution in [0, 0.1) is 12.8 Å². The van der Waals surface area contributed by atoms with Crippen LogP contribution in [0.15, 0.2) is 42.5 Å². The molecule has 0 saturated carbocycles. The molecule has 5 nitrogen and oxygen atoms in total. The van der Waals surface area contributed by atoms with E-state index in [-0.39, 0.29) is 36.1 Å². The average molecular weight is 416 g/mol. The van der Waals surface area contributed by atoms with E-state index in [1.165, 1.54) is 10.3 Å². The number of nitrogens with zero attached hydrogens (tertiary/aromatic N) is 1. The Kier molecular flexibility index (Phi) is 6.13. The van der Waals surface area contributed by atoms with Crippen LogP contribution in [-0.2, 0) is 9.59 Å². The first kappa shape index (κ1) is 20.5. The van der Waals surface area contributed by atoms with Crippen molar-refractivity contribution in [3.63, 3.8) is 0 Å². The van der Waals surface area contributed by atoms with Crippen LogP contribution >= 0.6 is 23.7 Å². The van der Waals surface area contributed by atoms with Gasteiger partial charge in [-0.25, -0.2) is 4.98 Å². The highest BCUT2D eigenvalue weighted by atomic mass is 35.5. The van der Waals surface area contributed by atoms with Crippen LogP contribution in [0.3, 0.4) is 0 Å². The first-order valence-corrected chi connectivity index (χ1v) is 9.83. The van der Waals surface area contributed by atoms with Crippen LogP contribution in [0.4, 0.5) is 5.69 Å². The summed E-state index contributed by atoms with van der Waals surface area (Å²) in [7, 11) is 0. The molecule has 1 fully saturated rings. The Hall–Kier alpha value is -2.28. The van der Waals surface area contributed by atoms with Gasteiger partial charge in [-0.2, -0.15) is 0 Å². The largest absolute Gasteiger partial charge is 0.325 e. The molecule has 7 heteroatoms. The lowest BCUT2D eigenvalue weighted by atomic mass is 10.0. The van der Waals surface area contributed by atoms with Gasteiger partial charge in [-0.15, -0.1) is 23.7 Å². The number of aromatic nitrogens is 1. The summed E-state index contributed by atoms with van der Waals surface area (Å²) < 4.78 is 1.18. The fourth-order valence-corrected chi connectivity index (χ4v) is 4.40. The number of Topliss-reactive ketones (excluding diaryl/α,β-unsaturated/α-hetero) is 1. The Balaban J connectivity index is 0.00000225. The SMILES string of the molecule is CC(=O)C1CNC(C(=O)Nc2ccc(-c3nc4ccc(C)cc4s3)cc2)C1.Cl. The molecule has 1 aromatic heterocycles. The van der Waals surface area contributed by atoms with Gasteiger partial charge < -0.3 is 10.6 Å². The number of aryl methyl sites for hydroxylation is 1. The molecule has 3 aromatic rings. The van der Waals surface area contributed by atoms with Gasteiger partial charge >= 0.3 is 0 Å². The van der Waals surface area contributed by atoms with Crippen LogP contribution in [0.5, 0.6) is 0 Å². The number of fused-ring (bicyclic) bond motifs is 1. The van der Waals surface area contributed by atoms with Crippen molar-refractivity contribution in [2.24, 2.45) is 5.92 Å². The summed E-state index contributed by atoms with van der Waals surface area (Å²) >= 11 is 1.67. The summed E-state index contributed by atoms with van der Waals surface area (Å²) in [5.74, 6) is -0.0269. The maximum atomic E-state index is 12.4. The number of anilines is 1. The first-order valence-electron chi connectivity index (χ1n) is 9.02. The molecule has 0 bridgehead atoms. The maximum Gasteiger partial charge on any atom is 0.241 e. The number of thiazole rings is 1. The molecule has 1 aliphatic heterocycles. The number of hydrogen-bond donors (Lipinski definition) is 2. The van der Waals surface area contributed by atoms with Crippen molar-refractivity contribution in [2.45, 2.75) is 26.3 Å². The quantitative estimate of drug-likeness (QED) is 0.669. The minimum atomic E-state index is -0.314. The first-order chi connectivity index (χ1) is 13.0. The number of halogens is 1. The van der Waals surface area contributed by atoms with Crippen LogP contribution in [-0.4, -0.2) is 29.3 Å². The van der Waals surface area contributed by atoms with E-state index in [2.05, 4.69) is 29.7 Å². The second-order valence-electron chi connectivity index (χ2n) is 7.06. The van der Waals surface area contributed by atoms with E-state index >= 15 is 0 Å². The molecule has 4 rings (SSSR count). The van der Waals surface area contributed by atoms with Gasteiger partial charge in [0.05, 0.1) is 16.3 Å². The Morgan fingerprint density at radius 2 is 1.93 bits per heavy atom. The fourth-order valence-electron chi connectivity index (χ4n) is 3.33. The third-order valence-corrected chi connectivity index (χ3v) is 6.03. The normalized spacial score (nSPS) is 18.6. The molecular formula is C21H22ClN3O2S. The van der Waals surface area contributed by atoms with E-state index in [1.807, 2.05) is 30.3 Å². The molecule has 1 amide bonds. The predicted octanol–water partition coefficient (Wildman–Crippen LogP) is 4.20. The molecule has 2 unspecified atom stereocenters. The topological polar surface area (TPSA) is 71.1 Å². The van der Waals surface area contributed by atoms with Gasteiger partial charge in [0, 0.05) is 23.7 Å². The number of amides is 1. The van der Waals surface area contributed by atoms with Crippen molar-refractivity contribution >= 4 is 51.3 Å².